The second-order valence-corrected chi connectivity index (χ2v) is 7.49. The maximum Gasteiger partial charge on any atom is 0.227 e. The van der Waals surface area contributed by atoms with Crippen LogP contribution in [0, 0.1) is 16.7 Å². The summed E-state index contributed by atoms with van der Waals surface area (Å²) in [5, 5.41) is 12.1. The highest BCUT2D eigenvalue weighted by atomic mass is 16.1. The van der Waals surface area contributed by atoms with Crippen molar-refractivity contribution >= 4 is 22.9 Å². The van der Waals surface area contributed by atoms with Crippen molar-refractivity contribution in [3.8, 4) is 6.07 Å². The molecule has 120 valence electrons. The minimum atomic E-state index is -0.0641. The third-order valence-electron chi connectivity index (χ3n) is 4.20. The highest BCUT2D eigenvalue weighted by molar-refractivity contribution is 5.92. The van der Waals surface area contributed by atoms with Crippen LogP contribution >= 0.6 is 0 Å². The van der Waals surface area contributed by atoms with Gasteiger partial charge in [0.2, 0.25) is 11.9 Å². The zero-order valence-electron chi connectivity index (χ0n) is 13.9. The van der Waals surface area contributed by atoms with Crippen molar-refractivity contribution in [3.63, 3.8) is 0 Å². The molecule has 1 heterocycles. The molecule has 2 aromatic rings. The summed E-state index contributed by atoms with van der Waals surface area (Å²) in [6.45, 7) is 6.13. The van der Waals surface area contributed by atoms with Crippen LogP contribution in [-0.2, 0) is 4.79 Å². The van der Waals surface area contributed by atoms with Gasteiger partial charge in [0.25, 0.3) is 0 Å². The lowest BCUT2D eigenvalue weighted by atomic mass is 9.92. The lowest BCUT2D eigenvalue weighted by Crippen LogP contribution is -2.24. The van der Waals surface area contributed by atoms with Crippen molar-refractivity contribution in [2.75, 3.05) is 5.32 Å². The zero-order chi connectivity index (χ0) is 16.6. The van der Waals surface area contributed by atoms with E-state index in [1.54, 1.807) is 6.07 Å². The maximum atomic E-state index is 12.3. The molecule has 5 heteroatoms. The van der Waals surface area contributed by atoms with Gasteiger partial charge in [0.05, 0.1) is 22.7 Å². The summed E-state index contributed by atoms with van der Waals surface area (Å²) in [7, 11) is 0. The number of nitriles is 1. The first kappa shape index (κ1) is 15.5. The molecule has 1 fully saturated rings. The molecule has 1 aromatic carbocycles. The number of nitrogens with zero attached hydrogens (tertiary/aromatic N) is 3. The van der Waals surface area contributed by atoms with Gasteiger partial charge in [-0.3, -0.25) is 10.1 Å². The van der Waals surface area contributed by atoms with Crippen LogP contribution in [0.15, 0.2) is 18.2 Å². The Labute approximate surface area is 136 Å². The standard InChI is InChI=1S/C18H22N4O/c1-18(2,3)10-16(23)21-17-20-14-8-7-12(11-19)9-15(14)22(17)13-5-4-6-13/h7-9,13H,4-6,10H2,1-3H3,(H,20,21,23). The molecule has 1 amide bonds. The van der Waals surface area contributed by atoms with Crippen LogP contribution in [0.25, 0.3) is 11.0 Å². The molecule has 0 bridgehead atoms. The highest BCUT2D eigenvalue weighted by Gasteiger charge is 2.26. The van der Waals surface area contributed by atoms with E-state index in [2.05, 4.69) is 20.9 Å². The van der Waals surface area contributed by atoms with Crippen LogP contribution in [0.2, 0.25) is 0 Å². The monoisotopic (exact) mass is 310 g/mol. The fraction of sp³-hybridized carbons (Fsp3) is 0.500. The van der Waals surface area contributed by atoms with Crippen LogP contribution in [0.5, 0.6) is 0 Å². The molecule has 1 saturated carbocycles. The first-order valence-corrected chi connectivity index (χ1v) is 8.09. The summed E-state index contributed by atoms with van der Waals surface area (Å²) in [6, 6.07) is 8.01. The van der Waals surface area contributed by atoms with E-state index in [1.165, 1.54) is 6.42 Å². The molecular weight excluding hydrogens is 288 g/mol. The number of anilines is 1. The average molecular weight is 310 g/mol. The lowest BCUT2D eigenvalue weighted by Gasteiger charge is -2.29. The third kappa shape index (κ3) is 3.21. The van der Waals surface area contributed by atoms with Gasteiger partial charge in [0, 0.05) is 12.5 Å². The van der Waals surface area contributed by atoms with Crippen LogP contribution in [-0.4, -0.2) is 15.5 Å². The van der Waals surface area contributed by atoms with Crippen LogP contribution in [0.4, 0.5) is 5.95 Å². The number of nitrogens with one attached hydrogen (secondary N) is 1. The molecule has 5 nitrogen and oxygen atoms in total. The summed E-state index contributed by atoms with van der Waals surface area (Å²) in [5.41, 5.74) is 2.30. The Morgan fingerprint density at radius 2 is 2.17 bits per heavy atom. The number of rotatable bonds is 3. The Hall–Kier alpha value is -2.35. The molecule has 0 unspecified atom stereocenters. The molecule has 1 aromatic heterocycles. The largest absolute Gasteiger partial charge is 0.307 e. The van der Waals surface area contributed by atoms with E-state index < -0.39 is 0 Å². The molecule has 0 saturated heterocycles. The van der Waals surface area contributed by atoms with E-state index in [1.807, 2.05) is 32.9 Å². The Kier molecular flexibility index (Phi) is 3.85. The summed E-state index contributed by atoms with van der Waals surface area (Å²) in [5.74, 6) is 0.586. The van der Waals surface area contributed by atoms with Crippen LogP contribution in [0.3, 0.4) is 0 Å². The van der Waals surface area contributed by atoms with Gasteiger partial charge in [-0.2, -0.15) is 5.26 Å². The van der Waals surface area contributed by atoms with Gasteiger partial charge in [-0.15, -0.1) is 0 Å². The normalized spacial score (nSPS) is 15.2. The molecule has 0 atom stereocenters. The number of hydrogen-bond acceptors (Lipinski definition) is 3. The van der Waals surface area contributed by atoms with Gasteiger partial charge in [-0.25, -0.2) is 4.98 Å². The fourth-order valence-electron chi connectivity index (χ4n) is 2.92. The van der Waals surface area contributed by atoms with E-state index in [-0.39, 0.29) is 11.3 Å². The molecule has 0 spiro atoms. The maximum absolute atomic E-state index is 12.3. The van der Waals surface area contributed by atoms with Gasteiger partial charge in [0.15, 0.2) is 0 Å². The average Bonchev–Trinajstić information content (AvgIpc) is 2.72. The van der Waals surface area contributed by atoms with E-state index >= 15 is 0 Å². The van der Waals surface area contributed by atoms with Gasteiger partial charge >= 0.3 is 0 Å². The van der Waals surface area contributed by atoms with Gasteiger partial charge < -0.3 is 4.57 Å². The smallest absolute Gasteiger partial charge is 0.227 e. The van der Waals surface area contributed by atoms with Crippen molar-refractivity contribution in [2.24, 2.45) is 5.41 Å². The topological polar surface area (TPSA) is 70.7 Å². The number of carbonyl (C=O) groups is 1. The third-order valence-corrected chi connectivity index (χ3v) is 4.20. The van der Waals surface area contributed by atoms with E-state index in [4.69, 9.17) is 5.26 Å². The summed E-state index contributed by atoms with van der Waals surface area (Å²) in [4.78, 5) is 16.9. The van der Waals surface area contributed by atoms with Crippen molar-refractivity contribution in [1.29, 1.82) is 5.26 Å². The van der Waals surface area contributed by atoms with Crippen molar-refractivity contribution in [2.45, 2.75) is 52.5 Å². The Bertz CT molecular complexity index is 788. The summed E-state index contributed by atoms with van der Waals surface area (Å²) < 4.78 is 2.10. The van der Waals surface area contributed by atoms with E-state index in [9.17, 15) is 4.79 Å². The Morgan fingerprint density at radius 3 is 2.74 bits per heavy atom. The van der Waals surface area contributed by atoms with Crippen LogP contribution in [0.1, 0.15) is 58.1 Å². The Balaban J connectivity index is 1.99. The first-order chi connectivity index (χ1) is 10.9. The number of imidazole rings is 1. The molecule has 23 heavy (non-hydrogen) atoms. The molecule has 1 aliphatic carbocycles. The van der Waals surface area contributed by atoms with Gasteiger partial charge in [-0.1, -0.05) is 20.8 Å². The second-order valence-electron chi connectivity index (χ2n) is 7.49. The minimum absolute atomic E-state index is 0.0195. The quantitative estimate of drug-likeness (QED) is 0.931. The number of hydrogen-bond donors (Lipinski definition) is 1. The SMILES string of the molecule is CC(C)(C)CC(=O)Nc1nc2ccc(C#N)cc2n1C1CCC1. The molecule has 0 radical (unpaired) electrons. The molecule has 3 rings (SSSR count). The van der Waals surface area contributed by atoms with Crippen molar-refractivity contribution in [1.82, 2.24) is 9.55 Å². The number of carbonyl (C=O) groups excluding carboxylic acids is 1. The number of benzene rings is 1. The number of fused-ring (bicyclic) bond motifs is 1. The number of amides is 1. The Morgan fingerprint density at radius 1 is 1.43 bits per heavy atom. The zero-order valence-corrected chi connectivity index (χ0v) is 13.9. The minimum Gasteiger partial charge on any atom is -0.307 e. The predicted molar refractivity (Wildman–Crippen MR) is 90.0 cm³/mol. The number of aromatic nitrogens is 2. The second kappa shape index (κ2) is 5.69. The summed E-state index contributed by atoms with van der Waals surface area (Å²) in [6.07, 6.45) is 3.82. The van der Waals surface area contributed by atoms with Crippen molar-refractivity contribution < 1.29 is 4.79 Å². The summed E-state index contributed by atoms with van der Waals surface area (Å²) >= 11 is 0. The first-order valence-electron chi connectivity index (χ1n) is 8.09. The highest BCUT2D eigenvalue weighted by Crippen LogP contribution is 2.37. The van der Waals surface area contributed by atoms with Crippen molar-refractivity contribution in [3.05, 3.63) is 23.8 Å². The van der Waals surface area contributed by atoms with E-state index in [0.29, 0.717) is 24.0 Å². The molecule has 0 aliphatic heterocycles. The van der Waals surface area contributed by atoms with Crippen LogP contribution < -0.4 is 5.32 Å². The molecule has 1 aliphatic rings. The van der Waals surface area contributed by atoms with E-state index in [0.717, 1.165) is 23.9 Å². The predicted octanol–water partition coefficient (Wildman–Crippen LogP) is 4.01. The fourth-order valence-corrected chi connectivity index (χ4v) is 2.92. The van der Waals surface area contributed by atoms with Gasteiger partial charge in [0.1, 0.15) is 0 Å². The molecule has 1 N–H and O–H groups in total. The molecular formula is C18H22N4O. The van der Waals surface area contributed by atoms with Gasteiger partial charge in [-0.05, 0) is 42.9 Å². The lowest BCUT2D eigenvalue weighted by molar-refractivity contribution is -0.117.